The van der Waals surface area contributed by atoms with Crippen LogP contribution in [0.4, 0.5) is 5.82 Å². The number of aliphatic hydroxyl groups is 1. The predicted octanol–water partition coefficient (Wildman–Crippen LogP) is 2.20. The lowest BCUT2D eigenvalue weighted by atomic mass is 10.1. The third-order valence-corrected chi connectivity index (χ3v) is 5.44. The maximum atomic E-state index is 12.9. The molecular formula is C22H27N5O5. The normalized spacial score (nSPS) is 17.9. The molecule has 170 valence electrons. The van der Waals surface area contributed by atoms with Gasteiger partial charge in [-0.15, -0.1) is 0 Å². The molecule has 2 aromatic heterocycles. The van der Waals surface area contributed by atoms with Gasteiger partial charge in [0.1, 0.15) is 24.1 Å². The van der Waals surface area contributed by atoms with Gasteiger partial charge in [0.25, 0.3) is 5.91 Å². The van der Waals surface area contributed by atoms with E-state index in [1.807, 2.05) is 37.4 Å². The van der Waals surface area contributed by atoms with Crippen LogP contribution in [0.2, 0.25) is 0 Å². The highest BCUT2D eigenvalue weighted by atomic mass is 16.7. The molecule has 1 saturated heterocycles. The zero-order valence-corrected chi connectivity index (χ0v) is 18.1. The number of fused-ring (bicyclic) bond motifs is 1. The summed E-state index contributed by atoms with van der Waals surface area (Å²) < 4.78 is 11.4. The van der Waals surface area contributed by atoms with Crippen molar-refractivity contribution < 1.29 is 24.2 Å². The number of nitrogens with two attached hydrogens (primary N) is 1. The zero-order chi connectivity index (χ0) is 22.7. The van der Waals surface area contributed by atoms with Gasteiger partial charge in [0.05, 0.1) is 18.8 Å². The quantitative estimate of drug-likeness (QED) is 0.389. The maximum absolute atomic E-state index is 12.9. The van der Waals surface area contributed by atoms with Crippen LogP contribution in [0.25, 0.3) is 22.3 Å². The Balaban J connectivity index is 1.67. The number of rotatable bonds is 8. The van der Waals surface area contributed by atoms with Crippen LogP contribution in [-0.2, 0) is 9.57 Å². The van der Waals surface area contributed by atoms with Gasteiger partial charge in [-0.05, 0) is 25.5 Å². The Labute approximate surface area is 185 Å². The second kappa shape index (κ2) is 9.11. The standard InChI is InChI=1S/C22H27N5O5/c1-3-22(2,29)12-31-27-20(28)17-18(23)25-19(26-21(17)32-13-8-10-30-11-13)15-5-4-6-16-14(15)7-9-24-16/h4-7,9,13,24,29H,3,8,10-12H2,1-2H3,(H,27,28)(H2,23,25,26)/t13-,22?/m0/s1. The summed E-state index contributed by atoms with van der Waals surface area (Å²) in [5, 5.41) is 11.0. The lowest BCUT2D eigenvalue weighted by Crippen LogP contribution is -2.36. The van der Waals surface area contributed by atoms with E-state index in [2.05, 4.69) is 20.4 Å². The van der Waals surface area contributed by atoms with Gasteiger partial charge in [-0.1, -0.05) is 19.1 Å². The van der Waals surface area contributed by atoms with Gasteiger partial charge in [0, 0.05) is 29.1 Å². The average molecular weight is 441 g/mol. The van der Waals surface area contributed by atoms with Crippen LogP contribution in [0.3, 0.4) is 0 Å². The van der Waals surface area contributed by atoms with Crippen molar-refractivity contribution in [3.63, 3.8) is 0 Å². The van der Waals surface area contributed by atoms with Crippen molar-refractivity contribution in [2.75, 3.05) is 25.6 Å². The SMILES string of the molecule is CCC(C)(O)CONC(=O)c1c(N)nc(-c2cccc3[nH]ccc23)nc1O[C@H]1CCOC1. The van der Waals surface area contributed by atoms with Crippen LogP contribution >= 0.6 is 0 Å². The Hall–Kier alpha value is -3.21. The van der Waals surface area contributed by atoms with Gasteiger partial charge in [0.2, 0.25) is 5.88 Å². The molecule has 2 atom stereocenters. The average Bonchev–Trinajstić information content (AvgIpc) is 3.44. The molecule has 0 aliphatic carbocycles. The van der Waals surface area contributed by atoms with Crippen molar-refractivity contribution in [2.45, 2.75) is 38.4 Å². The number of nitrogens with one attached hydrogen (secondary N) is 2. The largest absolute Gasteiger partial charge is 0.471 e. The number of hydrogen-bond donors (Lipinski definition) is 4. The van der Waals surface area contributed by atoms with Gasteiger partial charge in [-0.3, -0.25) is 9.63 Å². The maximum Gasteiger partial charge on any atom is 0.284 e. The third-order valence-electron chi connectivity index (χ3n) is 5.44. The summed E-state index contributed by atoms with van der Waals surface area (Å²) in [6.07, 6.45) is 2.70. The van der Waals surface area contributed by atoms with Crippen LogP contribution in [0, 0.1) is 0 Å². The minimum Gasteiger partial charge on any atom is -0.471 e. The van der Waals surface area contributed by atoms with Crippen molar-refractivity contribution in [1.82, 2.24) is 20.4 Å². The predicted molar refractivity (Wildman–Crippen MR) is 118 cm³/mol. The number of carbonyl (C=O) groups is 1. The first-order valence-electron chi connectivity index (χ1n) is 10.5. The number of hydrogen-bond acceptors (Lipinski definition) is 8. The third kappa shape index (κ3) is 4.67. The summed E-state index contributed by atoms with van der Waals surface area (Å²) in [4.78, 5) is 30.1. The van der Waals surface area contributed by atoms with E-state index in [0.717, 1.165) is 16.5 Å². The van der Waals surface area contributed by atoms with Crippen LogP contribution < -0.4 is 16.0 Å². The highest BCUT2D eigenvalue weighted by molar-refractivity contribution is 6.01. The first-order chi connectivity index (χ1) is 15.4. The minimum atomic E-state index is -1.07. The number of aromatic amines is 1. The molecule has 10 heteroatoms. The van der Waals surface area contributed by atoms with Crippen molar-refractivity contribution in [2.24, 2.45) is 0 Å². The van der Waals surface area contributed by atoms with E-state index in [9.17, 15) is 9.90 Å². The van der Waals surface area contributed by atoms with Gasteiger partial charge >= 0.3 is 0 Å². The molecule has 0 radical (unpaired) electrons. The Kier molecular flexibility index (Phi) is 6.26. The topological polar surface area (TPSA) is 145 Å². The van der Waals surface area contributed by atoms with Crippen molar-refractivity contribution >= 4 is 22.6 Å². The molecule has 0 bridgehead atoms. The van der Waals surface area contributed by atoms with Gasteiger partial charge < -0.3 is 25.3 Å². The minimum absolute atomic E-state index is 0.0296. The summed E-state index contributed by atoms with van der Waals surface area (Å²) in [5.41, 5.74) is 9.08. The molecule has 0 saturated carbocycles. The van der Waals surface area contributed by atoms with Crippen LogP contribution in [-0.4, -0.2) is 57.5 Å². The van der Waals surface area contributed by atoms with E-state index in [-0.39, 0.29) is 30.0 Å². The van der Waals surface area contributed by atoms with Gasteiger partial charge in [0.15, 0.2) is 5.82 Å². The molecule has 1 aliphatic heterocycles. The van der Waals surface area contributed by atoms with Crippen LogP contribution in [0.15, 0.2) is 30.5 Å². The molecule has 10 nitrogen and oxygen atoms in total. The van der Waals surface area contributed by atoms with Crippen LogP contribution in [0.5, 0.6) is 5.88 Å². The second-order valence-corrected chi connectivity index (χ2v) is 8.03. The summed E-state index contributed by atoms with van der Waals surface area (Å²) in [7, 11) is 0. The second-order valence-electron chi connectivity index (χ2n) is 8.03. The van der Waals surface area contributed by atoms with E-state index < -0.39 is 11.5 Å². The van der Waals surface area contributed by atoms with E-state index in [1.165, 1.54) is 0 Å². The van der Waals surface area contributed by atoms with Gasteiger partial charge in [-0.25, -0.2) is 10.5 Å². The molecule has 1 amide bonds. The fraction of sp³-hybridized carbons (Fsp3) is 0.409. The summed E-state index contributed by atoms with van der Waals surface area (Å²) in [6.45, 7) is 4.30. The molecule has 1 fully saturated rings. The molecule has 0 spiro atoms. The molecule has 5 N–H and O–H groups in total. The molecule has 1 unspecified atom stereocenters. The lowest BCUT2D eigenvalue weighted by Gasteiger charge is -2.21. The van der Waals surface area contributed by atoms with E-state index >= 15 is 0 Å². The Morgan fingerprint density at radius 1 is 1.41 bits per heavy atom. The molecule has 1 aliphatic rings. The van der Waals surface area contributed by atoms with E-state index in [0.29, 0.717) is 31.9 Å². The fourth-order valence-electron chi connectivity index (χ4n) is 3.33. The summed E-state index contributed by atoms with van der Waals surface area (Å²) >= 11 is 0. The number of ether oxygens (including phenoxy) is 2. The first kappa shape index (κ1) is 22.0. The Morgan fingerprint density at radius 3 is 3.00 bits per heavy atom. The molecule has 3 heterocycles. The number of amides is 1. The number of aromatic nitrogens is 3. The number of nitrogens with zero attached hydrogens (tertiary/aromatic N) is 2. The number of nitrogen functional groups attached to an aromatic ring is 1. The van der Waals surface area contributed by atoms with Crippen LogP contribution in [0.1, 0.15) is 37.0 Å². The van der Waals surface area contributed by atoms with Crippen molar-refractivity contribution in [3.8, 4) is 17.3 Å². The molecule has 4 rings (SSSR count). The zero-order valence-electron chi connectivity index (χ0n) is 18.1. The first-order valence-corrected chi connectivity index (χ1v) is 10.5. The Morgan fingerprint density at radius 2 is 2.25 bits per heavy atom. The van der Waals surface area contributed by atoms with E-state index in [4.69, 9.17) is 20.0 Å². The fourth-order valence-corrected chi connectivity index (χ4v) is 3.33. The highest BCUT2D eigenvalue weighted by Crippen LogP contribution is 2.31. The van der Waals surface area contributed by atoms with Crippen molar-refractivity contribution in [3.05, 3.63) is 36.0 Å². The smallest absolute Gasteiger partial charge is 0.284 e. The number of anilines is 1. The number of hydroxylamine groups is 1. The summed E-state index contributed by atoms with van der Waals surface area (Å²) in [6, 6.07) is 7.62. The lowest BCUT2D eigenvalue weighted by molar-refractivity contribution is -0.0637. The van der Waals surface area contributed by atoms with E-state index in [1.54, 1.807) is 6.92 Å². The molecular weight excluding hydrogens is 414 g/mol. The van der Waals surface area contributed by atoms with Gasteiger partial charge in [-0.2, -0.15) is 4.98 Å². The highest BCUT2D eigenvalue weighted by Gasteiger charge is 2.27. The summed E-state index contributed by atoms with van der Waals surface area (Å²) in [5.74, 6) is -0.304. The number of benzene rings is 1. The monoisotopic (exact) mass is 441 g/mol. The molecule has 3 aromatic rings. The number of carbonyl (C=O) groups excluding carboxylic acids is 1. The number of H-pyrrole nitrogens is 1. The Bertz CT molecular complexity index is 1110. The molecule has 1 aromatic carbocycles. The molecule has 32 heavy (non-hydrogen) atoms. The van der Waals surface area contributed by atoms with Crippen molar-refractivity contribution in [1.29, 1.82) is 0 Å².